The minimum Gasteiger partial charge on any atom is -0.311 e. The highest BCUT2D eigenvalue weighted by Crippen LogP contribution is 2.45. The number of nitrogens with zero attached hydrogens (tertiary/aromatic N) is 2. The van der Waals surface area contributed by atoms with Gasteiger partial charge in [-0.25, -0.2) is 0 Å². The summed E-state index contributed by atoms with van der Waals surface area (Å²) in [6, 6.07) is 68.1. The second-order valence-electron chi connectivity index (χ2n) is 15.9. The molecule has 9 aromatic carbocycles. The van der Waals surface area contributed by atoms with Gasteiger partial charge in [-0.15, -0.1) is 0 Å². The van der Waals surface area contributed by atoms with Gasteiger partial charge in [-0.05, 0) is 108 Å². The smallest absolute Gasteiger partial charge is 0.252 e. The Kier molecular flexibility index (Phi) is 6.66. The van der Waals surface area contributed by atoms with Gasteiger partial charge in [0.2, 0.25) is 0 Å². The fourth-order valence-corrected chi connectivity index (χ4v) is 9.93. The molecule has 0 fully saturated rings. The summed E-state index contributed by atoms with van der Waals surface area (Å²) in [6.45, 7) is 4.65. The summed E-state index contributed by atoms with van der Waals surface area (Å²) in [5, 5.41) is 7.89. The van der Waals surface area contributed by atoms with Gasteiger partial charge in [-0.1, -0.05) is 159 Å². The molecule has 0 N–H and O–H groups in total. The molecule has 0 atom stereocenters. The molecule has 12 rings (SSSR count). The summed E-state index contributed by atoms with van der Waals surface area (Å²) >= 11 is 0. The topological polar surface area (TPSA) is 8.17 Å². The van der Waals surface area contributed by atoms with Crippen LogP contribution in [0.1, 0.15) is 25.3 Å². The molecular weight excluding hydrogens is 675 g/mol. The maximum Gasteiger partial charge on any atom is 0.252 e. The summed E-state index contributed by atoms with van der Waals surface area (Å²) in [6.07, 6.45) is 0. The Hall–Kier alpha value is -6.84. The Bertz CT molecular complexity index is 3210. The van der Waals surface area contributed by atoms with Crippen LogP contribution in [0.4, 0.5) is 17.1 Å². The number of aromatic nitrogens is 1. The molecule has 0 bridgehead atoms. The van der Waals surface area contributed by atoms with E-state index in [2.05, 4.69) is 205 Å². The zero-order valence-electron chi connectivity index (χ0n) is 31.4. The minimum absolute atomic E-state index is 0.0412. The maximum atomic E-state index is 2.62. The molecule has 2 aliphatic rings. The van der Waals surface area contributed by atoms with E-state index in [-0.39, 0.29) is 6.71 Å². The number of hydrogen-bond donors (Lipinski definition) is 0. The van der Waals surface area contributed by atoms with Crippen LogP contribution in [0.3, 0.4) is 0 Å². The van der Waals surface area contributed by atoms with Crippen LogP contribution in [-0.4, -0.2) is 11.3 Å². The number of anilines is 3. The average Bonchev–Trinajstić information content (AvgIpc) is 3.60. The van der Waals surface area contributed by atoms with Gasteiger partial charge in [-0.3, -0.25) is 0 Å². The van der Waals surface area contributed by atoms with Crippen molar-refractivity contribution in [3.05, 3.63) is 188 Å². The Labute approximate surface area is 327 Å². The van der Waals surface area contributed by atoms with Crippen molar-refractivity contribution in [1.82, 2.24) is 4.57 Å². The summed E-state index contributed by atoms with van der Waals surface area (Å²) in [5.74, 6) is 0.418. The molecule has 3 heterocycles. The van der Waals surface area contributed by atoms with E-state index in [9.17, 15) is 0 Å². The lowest BCUT2D eigenvalue weighted by Gasteiger charge is -2.40. The third-order valence-electron chi connectivity index (χ3n) is 12.5. The van der Waals surface area contributed by atoms with Gasteiger partial charge in [0, 0.05) is 33.5 Å². The van der Waals surface area contributed by atoms with Gasteiger partial charge in [0.25, 0.3) is 6.71 Å². The predicted molar refractivity (Wildman–Crippen MR) is 240 cm³/mol. The molecule has 0 amide bonds. The summed E-state index contributed by atoms with van der Waals surface area (Å²) in [4.78, 5) is 2.51. The maximum absolute atomic E-state index is 2.62. The lowest BCUT2D eigenvalue weighted by molar-refractivity contribution is 0.868. The van der Waals surface area contributed by atoms with Gasteiger partial charge < -0.3 is 9.47 Å². The number of rotatable bonds is 4. The molecule has 0 saturated heterocycles. The van der Waals surface area contributed by atoms with Gasteiger partial charge in [0.15, 0.2) is 0 Å². The van der Waals surface area contributed by atoms with E-state index < -0.39 is 0 Å². The molecule has 0 unspecified atom stereocenters. The average molecular weight is 713 g/mol. The first-order valence-corrected chi connectivity index (χ1v) is 19.8. The highest BCUT2D eigenvalue weighted by Gasteiger charge is 2.42. The lowest BCUT2D eigenvalue weighted by atomic mass is 9.33. The Balaban J connectivity index is 1.21. The molecule has 0 spiro atoms. The predicted octanol–water partition coefficient (Wildman–Crippen LogP) is 12.2. The third kappa shape index (κ3) is 4.40. The summed E-state index contributed by atoms with van der Waals surface area (Å²) in [7, 11) is 0. The van der Waals surface area contributed by atoms with Gasteiger partial charge in [-0.2, -0.15) is 0 Å². The second kappa shape index (κ2) is 11.8. The van der Waals surface area contributed by atoms with Crippen molar-refractivity contribution < 1.29 is 0 Å². The van der Waals surface area contributed by atoms with E-state index in [1.807, 2.05) is 0 Å². The van der Waals surface area contributed by atoms with Crippen LogP contribution < -0.4 is 21.3 Å². The molecule has 2 aliphatic heterocycles. The standard InChI is InChI=1S/C53H37BN2/c1-33(2)38-24-28-43-49(32-38)56-48-19-11-18-47-52(48)54(45-31-40-21-20-37-16-9-10-17-42(37)50(40)51(43)53(45)56)44-30-39(35-14-7-4-8-15-35)25-29-46(44)55(47)41-26-22-36(23-27-41)34-12-5-3-6-13-34/h3-33H,1-2H3. The molecule has 0 saturated carbocycles. The van der Waals surface area contributed by atoms with Crippen molar-refractivity contribution in [2.45, 2.75) is 19.8 Å². The van der Waals surface area contributed by atoms with Gasteiger partial charge in [0.1, 0.15) is 0 Å². The fourth-order valence-electron chi connectivity index (χ4n) is 9.93. The van der Waals surface area contributed by atoms with E-state index in [0.29, 0.717) is 5.92 Å². The van der Waals surface area contributed by atoms with Crippen LogP contribution in [0.5, 0.6) is 0 Å². The van der Waals surface area contributed by atoms with Crippen molar-refractivity contribution in [1.29, 1.82) is 0 Å². The van der Waals surface area contributed by atoms with E-state index in [1.54, 1.807) is 0 Å². The van der Waals surface area contributed by atoms with Crippen LogP contribution in [-0.2, 0) is 0 Å². The second-order valence-corrected chi connectivity index (χ2v) is 15.9. The molecule has 0 aliphatic carbocycles. The molecule has 1 aromatic heterocycles. The first-order valence-electron chi connectivity index (χ1n) is 19.8. The highest BCUT2D eigenvalue weighted by molar-refractivity contribution is 7.00. The van der Waals surface area contributed by atoms with Gasteiger partial charge >= 0.3 is 0 Å². The van der Waals surface area contributed by atoms with Crippen LogP contribution in [0, 0.1) is 0 Å². The molecule has 10 aromatic rings. The van der Waals surface area contributed by atoms with Crippen LogP contribution in [0.2, 0.25) is 0 Å². The first-order chi connectivity index (χ1) is 27.6. The van der Waals surface area contributed by atoms with Crippen LogP contribution in [0.15, 0.2) is 182 Å². The zero-order chi connectivity index (χ0) is 37.1. The molecule has 262 valence electrons. The lowest BCUT2D eigenvalue weighted by Crippen LogP contribution is -2.60. The molecule has 3 heteroatoms. The first kappa shape index (κ1) is 31.5. The molecule has 2 nitrogen and oxygen atoms in total. The quantitative estimate of drug-likeness (QED) is 0.130. The summed E-state index contributed by atoms with van der Waals surface area (Å²) < 4.78 is 2.62. The Morgan fingerprint density at radius 2 is 1.12 bits per heavy atom. The van der Waals surface area contributed by atoms with Crippen molar-refractivity contribution in [3.8, 4) is 27.9 Å². The highest BCUT2D eigenvalue weighted by atomic mass is 15.2. The Morgan fingerprint density at radius 3 is 1.91 bits per heavy atom. The molecular formula is C53H37BN2. The van der Waals surface area contributed by atoms with E-state index >= 15 is 0 Å². The molecule has 0 radical (unpaired) electrons. The Morgan fingerprint density at radius 1 is 0.446 bits per heavy atom. The van der Waals surface area contributed by atoms with Crippen molar-refractivity contribution in [3.63, 3.8) is 0 Å². The van der Waals surface area contributed by atoms with Crippen molar-refractivity contribution in [2.75, 3.05) is 4.90 Å². The van der Waals surface area contributed by atoms with E-state index in [1.165, 1.54) is 105 Å². The zero-order valence-corrected chi connectivity index (χ0v) is 31.4. The number of hydrogen-bond acceptors (Lipinski definition) is 1. The molecule has 56 heavy (non-hydrogen) atoms. The van der Waals surface area contributed by atoms with Crippen molar-refractivity contribution >= 4 is 83.5 Å². The fraction of sp³-hybridized carbons (Fsp3) is 0.0566. The largest absolute Gasteiger partial charge is 0.311 e. The van der Waals surface area contributed by atoms with E-state index in [4.69, 9.17) is 0 Å². The third-order valence-corrected chi connectivity index (χ3v) is 12.5. The minimum atomic E-state index is 0.0412. The monoisotopic (exact) mass is 712 g/mol. The van der Waals surface area contributed by atoms with E-state index in [0.717, 1.165) is 5.69 Å². The number of fused-ring (bicyclic) bond motifs is 11. The number of benzene rings is 9. The van der Waals surface area contributed by atoms with Crippen LogP contribution in [0.25, 0.3) is 71.3 Å². The SMILES string of the molecule is CC(C)c1ccc2c3c4c(ccc5ccccc54)cc4c3n(c2c1)-c1cccc2c1B4c1cc(-c3ccccc3)ccc1N2c1ccc(-c2ccccc2)cc1. The summed E-state index contributed by atoms with van der Waals surface area (Å²) in [5.41, 5.74) is 17.8. The van der Waals surface area contributed by atoms with Crippen molar-refractivity contribution in [2.24, 2.45) is 0 Å². The van der Waals surface area contributed by atoms with Gasteiger partial charge in [0.05, 0.1) is 11.0 Å². The van der Waals surface area contributed by atoms with Crippen LogP contribution >= 0.6 is 0 Å². The normalized spacial score (nSPS) is 12.9.